The summed E-state index contributed by atoms with van der Waals surface area (Å²) >= 11 is 0. The first-order chi connectivity index (χ1) is 14.2. The number of carbonyl (C=O) groups excluding carboxylic acids is 1. The summed E-state index contributed by atoms with van der Waals surface area (Å²) in [6.07, 6.45) is 0.695. The van der Waals surface area contributed by atoms with Crippen LogP contribution < -0.4 is 5.32 Å². The molecule has 2 fully saturated rings. The van der Waals surface area contributed by atoms with E-state index in [1.54, 1.807) is 20.8 Å². The third kappa shape index (κ3) is 5.30. The Hall–Kier alpha value is -2.76. The number of nitro benzene ring substituents is 1. The number of guanidine groups is 1. The summed E-state index contributed by atoms with van der Waals surface area (Å²) in [5, 5.41) is 14.0. The van der Waals surface area contributed by atoms with Gasteiger partial charge in [-0.05, 0) is 52.5 Å². The van der Waals surface area contributed by atoms with Crippen LogP contribution in [0.2, 0.25) is 0 Å². The van der Waals surface area contributed by atoms with E-state index in [-0.39, 0.29) is 29.7 Å². The van der Waals surface area contributed by atoms with E-state index in [4.69, 9.17) is 4.74 Å². The van der Waals surface area contributed by atoms with Gasteiger partial charge in [0.05, 0.1) is 16.2 Å². The number of hydrogen-bond acceptors (Lipinski definition) is 6. The standard InChI is InChI=1S/C19H25FN4O6S/c1-18(2,3)30-17(25)21-16-22-19(4,11-31(28,29)23(16)10-12-5-6-12)14-9-13(24(26)27)7-8-15(14)20/h7-9,12H,5-6,10-11H2,1-4H3,(H,21,22,25)/t19-/m0/s1. The molecule has 0 radical (unpaired) electrons. The van der Waals surface area contributed by atoms with Gasteiger partial charge in [0.15, 0.2) is 0 Å². The van der Waals surface area contributed by atoms with Crippen LogP contribution in [0.15, 0.2) is 23.2 Å². The van der Waals surface area contributed by atoms with Gasteiger partial charge in [-0.3, -0.25) is 10.1 Å². The Bertz CT molecular complexity index is 1050. The Morgan fingerprint density at radius 3 is 2.61 bits per heavy atom. The minimum Gasteiger partial charge on any atom is -0.442 e. The molecule has 0 spiro atoms. The van der Waals surface area contributed by atoms with Crippen molar-refractivity contribution in [2.24, 2.45) is 10.9 Å². The Balaban J connectivity index is 2.06. The number of nitrogens with zero attached hydrogens (tertiary/aromatic N) is 3. The second-order valence-corrected chi connectivity index (χ2v) is 10.9. The molecule has 10 nitrogen and oxygen atoms in total. The zero-order chi connectivity index (χ0) is 23.2. The second-order valence-electron chi connectivity index (χ2n) is 9.02. The smallest absolute Gasteiger partial charge is 0.437 e. The van der Waals surface area contributed by atoms with Gasteiger partial charge in [0.25, 0.3) is 5.69 Å². The molecule has 1 aromatic rings. The molecule has 12 heteroatoms. The van der Waals surface area contributed by atoms with Gasteiger partial charge in [0.1, 0.15) is 11.4 Å². The van der Waals surface area contributed by atoms with Gasteiger partial charge in [0, 0.05) is 24.2 Å². The summed E-state index contributed by atoms with van der Waals surface area (Å²) in [6.45, 7) is 6.44. The van der Waals surface area contributed by atoms with Crippen molar-refractivity contribution in [2.45, 2.75) is 51.7 Å². The van der Waals surface area contributed by atoms with Crippen LogP contribution in [0.5, 0.6) is 0 Å². The van der Waals surface area contributed by atoms with Crippen molar-refractivity contribution in [3.63, 3.8) is 0 Å². The Morgan fingerprint density at radius 2 is 2.06 bits per heavy atom. The maximum absolute atomic E-state index is 14.6. The Kier molecular flexibility index (Phi) is 5.72. The molecule has 1 atom stereocenters. The molecule has 0 unspecified atom stereocenters. The largest absolute Gasteiger partial charge is 0.442 e. The molecule has 1 N–H and O–H groups in total. The second kappa shape index (κ2) is 7.74. The summed E-state index contributed by atoms with van der Waals surface area (Å²) in [6, 6.07) is 2.89. The lowest BCUT2D eigenvalue weighted by Crippen LogP contribution is -2.63. The van der Waals surface area contributed by atoms with E-state index >= 15 is 0 Å². The summed E-state index contributed by atoms with van der Waals surface area (Å²) in [5.41, 5.74) is -3.06. The van der Waals surface area contributed by atoms with Crippen molar-refractivity contribution in [3.8, 4) is 0 Å². The van der Waals surface area contributed by atoms with Crippen molar-refractivity contribution >= 4 is 27.8 Å². The van der Waals surface area contributed by atoms with Gasteiger partial charge >= 0.3 is 6.09 Å². The van der Waals surface area contributed by atoms with Gasteiger partial charge in [-0.15, -0.1) is 4.99 Å². The van der Waals surface area contributed by atoms with Gasteiger partial charge in [-0.25, -0.2) is 21.9 Å². The zero-order valence-corrected chi connectivity index (χ0v) is 18.5. The van der Waals surface area contributed by atoms with E-state index in [0.29, 0.717) is 0 Å². The average Bonchev–Trinajstić information content (AvgIpc) is 3.40. The molecule has 1 saturated carbocycles. The summed E-state index contributed by atoms with van der Waals surface area (Å²) in [5.74, 6) is -1.54. The number of sulfonamides is 1. The minimum atomic E-state index is -4.03. The van der Waals surface area contributed by atoms with E-state index in [9.17, 15) is 27.7 Å². The SMILES string of the molecule is CC(C)(C)OC(=O)/N=C1\N[C@](C)(c2cc([N+](=O)[O-])ccc2F)CS(=O)(=O)N1CC1CC1. The van der Waals surface area contributed by atoms with Gasteiger partial charge in [-0.2, -0.15) is 0 Å². The molecule has 0 aromatic heterocycles. The van der Waals surface area contributed by atoms with E-state index < -0.39 is 43.7 Å². The van der Waals surface area contributed by atoms with Gasteiger partial charge in [-0.1, -0.05) is 0 Å². The third-order valence-electron chi connectivity index (χ3n) is 4.90. The summed E-state index contributed by atoms with van der Waals surface area (Å²) in [7, 11) is -4.03. The van der Waals surface area contributed by atoms with Crippen LogP contribution in [0.4, 0.5) is 14.9 Å². The molecule has 3 rings (SSSR count). The van der Waals surface area contributed by atoms with Crippen molar-refractivity contribution < 1.29 is 27.3 Å². The molecule has 1 heterocycles. The van der Waals surface area contributed by atoms with E-state index in [2.05, 4.69) is 10.3 Å². The van der Waals surface area contributed by atoms with Crippen molar-refractivity contribution in [1.82, 2.24) is 9.62 Å². The highest BCUT2D eigenvalue weighted by atomic mass is 32.2. The number of carbonyl (C=O) groups is 1. The normalized spacial score (nSPS) is 24.5. The van der Waals surface area contributed by atoms with Crippen LogP contribution in [0.25, 0.3) is 0 Å². The molecule has 170 valence electrons. The molecule has 31 heavy (non-hydrogen) atoms. The molecule has 1 aliphatic carbocycles. The fraction of sp³-hybridized carbons (Fsp3) is 0.579. The molecule has 2 aliphatic rings. The lowest BCUT2D eigenvalue weighted by molar-refractivity contribution is -0.385. The zero-order valence-electron chi connectivity index (χ0n) is 17.7. The number of nitro groups is 1. The van der Waals surface area contributed by atoms with Gasteiger partial charge in [0.2, 0.25) is 16.0 Å². The highest BCUT2D eigenvalue weighted by molar-refractivity contribution is 7.89. The number of non-ortho nitro benzene ring substituents is 1. The maximum Gasteiger partial charge on any atom is 0.437 e. The monoisotopic (exact) mass is 456 g/mol. The van der Waals surface area contributed by atoms with Crippen LogP contribution in [-0.2, 0) is 20.3 Å². The number of benzene rings is 1. The third-order valence-corrected chi connectivity index (χ3v) is 6.83. The summed E-state index contributed by atoms with van der Waals surface area (Å²) < 4.78 is 47.1. The number of ether oxygens (including phenoxy) is 1. The molecular formula is C19H25FN4O6S. The number of rotatable bonds is 4. The summed E-state index contributed by atoms with van der Waals surface area (Å²) in [4.78, 5) is 26.6. The molecule has 1 aromatic carbocycles. The van der Waals surface area contributed by atoms with Crippen LogP contribution in [-0.4, -0.2) is 47.6 Å². The van der Waals surface area contributed by atoms with Crippen LogP contribution in [0.3, 0.4) is 0 Å². The van der Waals surface area contributed by atoms with Crippen molar-refractivity contribution in [1.29, 1.82) is 0 Å². The number of nitrogens with one attached hydrogen (secondary N) is 1. The predicted molar refractivity (Wildman–Crippen MR) is 110 cm³/mol. The fourth-order valence-electron chi connectivity index (χ4n) is 3.30. The first-order valence-electron chi connectivity index (χ1n) is 9.75. The molecule has 1 saturated heterocycles. The van der Waals surface area contributed by atoms with Crippen LogP contribution in [0.1, 0.15) is 46.1 Å². The van der Waals surface area contributed by atoms with E-state index in [1.165, 1.54) is 6.92 Å². The molecule has 1 aliphatic heterocycles. The lowest BCUT2D eigenvalue weighted by Gasteiger charge is -2.42. The van der Waals surface area contributed by atoms with E-state index in [1.807, 2.05) is 0 Å². The van der Waals surface area contributed by atoms with Crippen LogP contribution in [0, 0.1) is 21.8 Å². The number of aliphatic imine (C=N–C) groups is 1. The van der Waals surface area contributed by atoms with Crippen molar-refractivity contribution in [3.05, 3.63) is 39.7 Å². The number of halogens is 1. The predicted octanol–water partition coefficient (Wildman–Crippen LogP) is 2.89. The van der Waals surface area contributed by atoms with Crippen molar-refractivity contribution in [2.75, 3.05) is 12.3 Å². The highest BCUT2D eigenvalue weighted by Gasteiger charge is 2.47. The Labute approximate surface area is 179 Å². The maximum atomic E-state index is 14.6. The first-order valence-corrected chi connectivity index (χ1v) is 11.4. The number of hydrogen-bond donors (Lipinski definition) is 1. The average molecular weight is 456 g/mol. The minimum absolute atomic E-state index is 0.129. The molecular weight excluding hydrogens is 431 g/mol. The molecule has 1 amide bonds. The van der Waals surface area contributed by atoms with E-state index in [0.717, 1.165) is 35.3 Å². The first kappa shape index (κ1) is 22.9. The topological polar surface area (TPSA) is 131 Å². The quantitative estimate of drug-likeness (QED) is 0.544. The highest BCUT2D eigenvalue weighted by Crippen LogP contribution is 2.36. The van der Waals surface area contributed by atoms with Crippen LogP contribution >= 0.6 is 0 Å². The lowest BCUT2D eigenvalue weighted by atomic mass is 9.93. The number of amides is 1. The fourth-order valence-corrected chi connectivity index (χ4v) is 5.21. The Morgan fingerprint density at radius 1 is 1.42 bits per heavy atom. The molecule has 0 bridgehead atoms. The van der Waals surface area contributed by atoms with Gasteiger partial charge < -0.3 is 10.1 Å².